The fraction of sp³-hybridized carbons (Fsp3) is 0.0667. The van der Waals surface area contributed by atoms with Gasteiger partial charge in [0.05, 0.1) is 11.3 Å². The van der Waals surface area contributed by atoms with Crippen molar-refractivity contribution in [3.8, 4) is 6.07 Å². The highest BCUT2D eigenvalue weighted by atomic mass is 79.9. The quantitative estimate of drug-likeness (QED) is 0.828. The van der Waals surface area contributed by atoms with Crippen molar-refractivity contribution < 1.29 is 4.79 Å². The van der Waals surface area contributed by atoms with Crippen LogP contribution in [0.1, 0.15) is 21.5 Å². The molecule has 4 nitrogen and oxygen atoms in total. The summed E-state index contributed by atoms with van der Waals surface area (Å²) >= 11 is 3.29. The van der Waals surface area contributed by atoms with Crippen molar-refractivity contribution in [2.75, 3.05) is 11.1 Å². The molecule has 0 spiro atoms. The Morgan fingerprint density at radius 3 is 2.70 bits per heavy atom. The van der Waals surface area contributed by atoms with Gasteiger partial charge in [-0.2, -0.15) is 5.26 Å². The number of amides is 1. The lowest BCUT2D eigenvalue weighted by Gasteiger charge is -2.08. The maximum atomic E-state index is 12.2. The Hall–Kier alpha value is -2.32. The summed E-state index contributed by atoms with van der Waals surface area (Å²) in [5.41, 5.74) is 8.59. The van der Waals surface area contributed by atoms with Gasteiger partial charge in [0.15, 0.2) is 0 Å². The van der Waals surface area contributed by atoms with Crippen LogP contribution in [-0.4, -0.2) is 5.91 Å². The van der Waals surface area contributed by atoms with E-state index < -0.39 is 0 Å². The molecule has 0 bridgehead atoms. The topological polar surface area (TPSA) is 78.9 Å². The molecule has 0 aliphatic rings. The fourth-order valence-corrected chi connectivity index (χ4v) is 2.09. The summed E-state index contributed by atoms with van der Waals surface area (Å²) in [4.78, 5) is 12.2. The highest BCUT2D eigenvalue weighted by Crippen LogP contribution is 2.21. The molecule has 2 aromatic rings. The summed E-state index contributed by atoms with van der Waals surface area (Å²) in [5.74, 6) is -0.271. The van der Waals surface area contributed by atoms with Crippen molar-refractivity contribution in [1.29, 1.82) is 5.26 Å². The van der Waals surface area contributed by atoms with Gasteiger partial charge in [-0.05, 0) is 48.9 Å². The molecule has 5 heteroatoms. The predicted molar refractivity (Wildman–Crippen MR) is 82.4 cm³/mol. The zero-order chi connectivity index (χ0) is 14.7. The van der Waals surface area contributed by atoms with Crippen LogP contribution in [-0.2, 0) is 0 Å². The molecule has 0 atom stereocenters. The minimum atomic E-state index is -0.271. The predicted octanol–water partition coefficient (Wildman–Crippen LogP) is 3.46. The van der Waals surface area contributed by atoms with Gasteiger partial charge in [0, 0.05) is 15.7 Å². The Labute approximate surface area is 125 Å². The molecule has 0 aliphatic carbocycles. The van der Waals surface area contributed by atoms with Crippen LogP contribution in [0.5, 0.6) is 0 Å². The summed E-state index contributed by atoms with van der Waals surface area (Å²) in [5, 5.41) is 11.8. The van der Waals surface area contributed by atoms with E-state index in [4.69, 9.17) is 11.0 Å². The molecule has 1 amide bonds. The van der Waals surface area contributed by atoms with E-state index in [1.54, 1.807) is 36.4 Å². The van der Waals surface area contributed by atoms with E-state index in [1.165, 1.54) is 0 Å². The number of hydrogen-bond donors (Lipinski definition) is 2. The molecular weight excluding hydrogens is 318 g/mol. The van der Waals surface area contributed by atoms with E-state index in [0.717, 1.165) is 10.0 Å². The second kappa shape index (κ2) is 5.76. The largest absolute Gasteiger partial charge is 0.399 e. The average molecular weight is 330 g/mol. The smallest absolute Gasteiger partial charge is 0.255 e. The number of carbonyl (C=O) groups is 1. The van der Waals surface area contributed by atoms with Crippen molar-refractivity contribution >= 4 is 33.2 Å². The second-order valence-corrected chi connectivity index (χ2v) is 5.24. The molecule has 0 radical (unpaired) electrons. The van der Waals surface area contributed by atoms with E-state index in [9.17, 15) is 4.79 Å². The van der Waals surface area contributed by atoms with Crippen LogP contribution in [0, 0.1) is 18.3 Å². The van der Waals surface area contributed by atoms with E-state index in [1.807, 2.05) is 13.0 Å². The Morgan fingerprint density at radius 2 is 2.05 bits per heavy atom. The number of nitrogens with zero attached hydrogens (tertiary/aromatic N) is 1. The molecular formula is C15H12BrN3O. The van der Waals surface area contributed by atoms with Gasteiger partial charge in [0.25, 0.3) is 5.91 Å². The normalized spacial score (nSPS) is 9.85. The number of halogens is 1. The highest BCUT2D eigenvalue weighted by molar-refractivity contribution is 9.10. The number of nitrogens with two attached hydrogens (primary N) is 1. The number of nitrogens with one attached hydrogen (secondary N) is 1. The molecule has 2 rings (SSSR count). The first-order valence-corrected chi connectivity index (χ1v) is 6.67. The van der Waals surface area contributed by atoms with Crippen molar-refractivity contribution in [2.45, 2.75) is 6.92 Å². The number of carbonyl (C=O) groups excluding carboxylic acids is 1. The van der Waals surface area contributed by atoms with Gasteiger partial charge in [-0.3, -0.25) is 4.79 Å². The Morgan fingerprint density at radius 1 is 1.30 bits per heavy atom. The molecule has 100 valence electrons. The van der Waals surface area contributed by atoms with Gasteiger partial charge < -0.3 is 11.1 Å². The molecule has 0 fully saturated rings. The molecule has 0 heterocycles. The molecule has 0 aromatic heterocycles. The number of rotatable bonds is 2. The van der Waals surface area contributed by atoms with Gasteiger partial charge >= 0.3 is 0 Å². The molecule has 0 aliphatic heterocycles. The van der Waals surface area contributed by atoms with Crippen LogP contribution in [0.4, 0.5) is 11.4 Å². The molecule has 0 saturated heterocycles. The van der Waals surface area contributed by atoms with E-state index in [-0.39, 0.29) is 5.91 Å². The number of aryl methyl sites for hydroxylation is 1. The van der Waals surface area contributed by atoms with E-state index in [2.05, 4.69) is 21.2 Å². The van der Waals surface area contributed by atoms with Gasteiger partial charge in [-0.15, -0.1) is 0 Å². The number of hydrogen-bond acceptors (Lipinski definition) is 3. The average Bonchev–Trinajstić information content (AvgIpc) is 2.43. The maximum Gasteiger partial charge on any atom is 0.255 e. The van der Waals surface area contributed by atoms with E-state index >= 15 is 0 Å². The van der Waals surface area contributed by atoms with Crippen LogP contribution >= 0.6 is 15.9 Å². The third-order valence-electron chi connectivity index (χ3n) is 2.88. The second-order valence-electron chi connectivity index (χ2n) is 4.33. The van der Waals surface area contributed by atoms with Crippen molar-refractivity contribution in [2.24, 2.45) is 0 Å². The van der Waals surface area contributed by atoms with Crippen LogP contribution in [0.15, 0.2) is 40.9 Å². The number of nitrogen functional groups attached to an aromatic ring is 1. The fourth-order valence-electron chi connectivity index (χ4n) is 1.73. The van der Waals surface area contributed by atoms with Gasteiger partial charge in [0.1, 0.15) is 6.07 Å². The van der Waals surface area contributed by atoms with Crippen molar-refractivity contribution in [1.82, 2.24) is 0 Å². The first-order chi connectivity index (χ1) is 9.51. The van der Waals surface area contributed by atoms with Crippen LogP contribution in [0.2, 0.25) is 0 Å². The van der Waals surface area contributed by atoms with Gasteiger partial charge in [-0.1, -0.05) is 15.9 Å². The third kappa shape index (κ3) is 2.98. The minimum absolute atomic E-state index is 0.271. The maximum absolute atomic E-state index is 12.2. The Balaban J connectivity index is 2.28. The third-order valence-corrected chi connectivity index (χ3v) is 3.38. The van der Waals surface area contributed by atoms with Crippen LogP contribution < -0.4 is 11.1 Å². The Bertz CT molecular complexity index is 720. The van der Waals surface area contributed by atoms with Crippen LogP contribution in [0.3, 0.4) is 0 Å². The monoisotopic (exact) mass is 329 g/mol. The lowest BCUT2D eigenvalue weighted by Crippen LogP contribution is -2.13. The summed E-state index contributed by atoms with van der Waals surface area (Å²) in [6, 6.07) is 12.2. The van der Waals surface area contributed by atoms with Crippen molar-refractivity contribution in [3.63, 3.8) is 0 Å². The number of nitriles is 1. The zero-order valence-electron chi connectivity index (χ0n) is 10.8. The molecule has 2 aromatic carbocycles. The SMILES string of the molecule is Cc1cc(C(=O)Nc2ccc(Br)cc2C#N)ccc1N. The summed E-state index contributed by atoms with van der Waals surface area (Å²) in [6.07, 6.45) is 0. The minimum Gasteiger partial charge on any atom is -0.399 e. The lowest BCUT2D eigenvalue weighted by molar-refractivity contribution is 0.102. The summed E-state index contributed by atoms with van der Waals surface area (Å²) in [6.45, 7) is 1.84. The van der Waals surface area contributed by atoms with Crippen LogP contribution in [0.25, 0.3) is 0 Å². The zero-order valence-corrected chi connectivity index (χ0v) is 12.4. The molecule has 20 heavy (non-hydrogen) atoms. The summed E-state index contributed by atoms with van der Waals surface area (Å²) < 4.78 is 0.787. The standard InChI is InChI=1S/C15H12BrN3O/c1-9-6-10(2-4-13(9)18)15(20)19-14-5-3-12(16)7-11(14)8-17/h2-7H,18H2,1H3,(H,19,20). The number of anilines is 2. The highest BCUT2D eigenvalue weighted by Gasteiger charge is 2.10. The van der Waals surface area contributed by atoms with E-state index in [0.29, 0.717) is 22.5 Å². The number of benzene rings is 2. The molecule has 0 saturated carbocycles. The lowest BCUT2D eigenvalue weighted by atomic mass is 10.1. The van der Waals surface area contributed by atoms with Gasteiger partial charge in [-0.25, -0.2) is 0 Å². The first-order valence-electron chi connectivity index (χ1n) is 5.88. The summed E-state index contributed by atoms with van der Waals surface area (Å²) in [7, 11) is 0. The Kier molecular flexibility index (Phi) is 4.06. The van der Waals surface area contributed by atoms with Gasteiger partial charge in [0.2, 0.25) is 0 Å². The van der Waals surface area contributed by atoms with Crippen molar-refractivity contribution in [3.05, 3.63) is 57.6 Å². The molecule has 0 unspecified atom stereocenters. The molecule has 3 N–H and O–H groups in total. The first kappa shape index (κ1) is 14.1.